The zero-order valence-corrected chi connectivity index (χ0v) is 15.4. The van der Waals surface area contributed by atoms with Crippen molar-refractivity contribution in [3.63, 3.8) is 0 Å². The Kier molecular flexibility index (Phi) is 7.18. The Morgan fingerprint density at radius 1 is 1.26 bits per heavy atom. The van der Waals surface area contributed by atoms with Crippen LogP contribution in [0.1, 0.15) is 58.8 Å². The van der Waals surface area contributed by atoms with Gasteiger partial charge in [-0.2, -0.15) is 0 Å². The van der Waals surface area contributed by atoms with E-state index in [0.717, 1.165) is 44.9 Å². The predicted octanol–water partition coefficient (Wildman–Crippen LogP) is 2.99. The second-order valence-corrected chi connectivity index (χ2v) is 7.85. The lowest BCUT2D eigenvalue weighted by atomic mass is 9.85. The van der Waals surface area contributed by atoms with E-state index in [2.05, 4.69) is 19.2 Å². The molecule has 0 aromatic rings. The number of rotatable bonds is 5. The fraction of sp³-hybridized carbons (Fsp3) is 0.944. The van der Waals surface area contributed by atoms with E-state index in [4.69, 9.17) is 4.74 Å². The number of ether oxygens (including phenoxy) is 1. The van der Waals surface area contributed by atoms with Crippen LogP contribution in [0.3, 0.4) is 0 Å². The molecule has 1 N–H and O–H groups in total. The summed E-state index contributed by atoms with van der Waals surface area (Å²) in [7, 11) is 0. The zero-order chi connectivity index (χ0) is 15.5. The van der Waals surface area contributed by atoms with Crippen LogP contribution >= 0.6 is 12.4 Å². The molecule has 1 amide bonds. The summed E-state index contributed by atoms with van der Waals surface area (Å²) in [5.41, 5.74) is 0. The third-order valence-corrected chi connectivity index (χ3v) is 5.67. The number of carbonyl (C=O) groups is 1. The molecule has 2 aliphatic heterocycles. The van der Waals surface area contributed by atoms with Gasteiger partial charge < -0.3 is 15.0 Å². The number of likely N-dealkylation sites (tertiary alicyclic amines) is 1. The highest BCUT2D eigenvalue weighted by atomic mass is 35.5. The van der Waals surface area contributed by atoms with Crippen molar-refractivity contribution in [3.8, 4) is 0 Å². The van der Waals surface area contributed by atoms with E-state index in [9.17, 15) is 4.79 Å². The largest absolute Gasteiger partial charge is 0.376 e. The Morgan fingerprint density at radius 3 is 2.78 bits per heavy atom. The van der Waals surface area contributed by atoms with Gasteiger partial charge in [0.1, 0.15) is 0 Å². The number of amides is 1. The molecule has 0 bridgehead atoms. The van der Waals surface area contributed by atoms with E-state index in [-0.39, 0.29) is 24.6 Å². The van der Waals surface area contributed by atoms with Crippen LogP contribution in [0.5, 0.6) is 0 Å². The molecular weight excluding hydrogens is 312 g/mol. The molecule has 2 saturated heterocycles. The van der Waals surface area contributed by atoms with Gasteiger partial charge in [-0.3, -0.25) is 4.79 Å². The Bertz CT molecular complexity index is 377. The lowest BCUT2D eigenvalue weighted by Crippen LogP contribution is -2.45. The number of nitrogens with zero attached hydrogens (tertiary/aromatic N) is 1. The van der Waals surface area contributed by atoms with E-state index in [1.54, 1.807) is 0 Å². The maximum atomic E-state index is 12.7. The smallest absolute Gasteiger partial charge is 0.239 e. The highest BCUT2D eigenvalue weighted by molar-refractivity contribution is 5.85. The van der Waals surface area contributed by atoms with Crippen LogP contribution in [0, 0.1) is 11.8 Å². The minimum atomic E-state index is 0. The van der Waals surface area contributed by atoms with Crippen LogP contribution in [-0.2, 0) is 9.53 Å². The van der Waals surface area contributed by atoms with Crippen molar-refractivity contribution in [2.45, 2.75) is 77.0 Å². The van der Waals surface area contributed by atoms with Gasteiger partial charge in [-0.15, -0.1) is 12.4 Å². The normalized spacial score (nSPS) is 33.6. The van der Waals surface area contributed by atoms with Gasteiger partial charge in [0.15, 0.2) is 0 Å². The molecule has 23 heavy (non-hydrogen) atoms. The van der Waals surface area contributed by atoms with Gasteiger partial charge in [0.25, 0.3) is 0 Å². The van der Waals surface area contributed by atoms with Gasteiger partial charge in [-0.05, 0) is 43.9 Å². The molecule has 4 unspecified atom stereocenters. The Morgan fingerprint density at radius 2 is 2.04 bits per heavy atom. The van der Waals surface area contributed by atoms with Crippen molar-refractivity contribution < 1.29 is 9.53 Å². The van der Waals surface area contributed by atoms with E-state index < -0.39 is 0 Å². The SMILES string of the molecule is CC(C)CCOC1CCN(C(=O)C2CC3CCCCC3N2)C1.Cl. The summed E-state index contributed by atoms with van der Waals surface area (Å²) in [4.78, 5) is 14.8. The van der Waals surface area contributed by atoms with E-state index in [1.807, 2.05) is 4.90 Å². The quantitative estimate of drug-likeness (QED) is 0.833. The summed E-state index contributed by atoms with van der Waals surface area (Å²) in [6, 6.07) is 0.672. The summed E-state index contributed by atoms with van der Waals surface area (Å²) >= 11 is 0. The number of nitrogens with one attached hydrogen (secondary N) is 1. The molecule has 2 heterocycles. The van der Waals surface area contributed by atoms with Gasteiger partial charge >= 0.3 is 0 Å². The monoisotopic (exact) mass is 344 g/mol. The fourth-order valence-electron chi connectivity index (χ4n) is 4.27. The summed E-state index contributed by atoms with van der Waals surface area (Å²) in [6.07, 6.45) is 8.66. The third-order valence-electron chi connectivity index (χ3n) is 5.67. The maximum absolute atomic E-state index is 12.7. The molecule has 3 aliphatic rings. The first kappa shape index (κ1) is 19.0. The fourth-order valence-corrected chi connectivity index (χ4v) is 4.27. The highest BCUT2D eigenvalue weighted by Crippen LogP contribution is 2.34. The minimum Gasteiger partial charge on any atom is -0.376 e. The van der Waals surface area contributed by atoms with Gasteiger partial charge in [0, 0.05) is 25.7 Å². The second kappa shape index (κ2) is 8.68. The predicted molar refractivity (Wildman–Crippen MR) is 94.9 cm³/mol. The van der Waals surface area contributed by atoms with Crippen molar-refractivity contribution in [3.05, 3.63) is 0 Å². The average Bonchev–Trinajstić information content (AvgIpc) is 3.12. The Balaban J connectivity index is 0.00000192. The first-order chi connectivity index (χ1) is 10.6. The summed E-state index contributed by atoms with van der Waals surface area (Å²) in [5, 5.41) is 3.61. The van der Waals surface area contributed by atoms with Crippen LogP contribution < -0.4 is 5.32 Å². The molecular formula is C18H33ClN2O2. The lowest BCUT2D eigenvalue weighted by molar-refractivity contribution is -0.132. The van der Waals surface area contributed by atoms with Gasteiger partial charge in [-0.1, -0.05) is 26.7 Å². The standard InChI is InChI=1S/C18H32N2O2.ClH/c1-13(2)8-10-22-15-7-9-20(12-15)18(21)17-11-14-5-3-4-6-16(14)19-17;/h13-17,19H,3-12H2,1-2H3;1H. The molecule has 4 nitrogen and oxygen atoms in total. The molecule has 134 valence electrons. The molecule has 5 heteroatoms. The van der Waals surface area contributed by atoms with Gasteiger partial charge in [0.05, 0.1) is 12.1 Å². The topological polar surface area (TPSA) is 41.6 Å². The van der Waals surface area contributed by atoms with E-state index >= 15 is 0 Å². The molecule has 0 radical (unpaired) electrons. The Hall–Kier alpha value is -0.320. The van der Waals surface area contributed by atoms with Gasteiger partial charge in [-0.25, -0.2) is 0 Å². The summed E-state index contributed by atoms with van der Waals surface area (Å²) < 4.78 is 5.94. The summed E-state index contributed by atoms with van der Waals surface area (Å²) in [5.74, 6) is 1.75. The second-order valence-electron chi connectivity index (χ2n) is 7.85. The summed E-state index contributed by atoms with van der Waals surface area (Å²) in [6.45, 7) is 6.94. The van der Waals surface area contributed by atoms with Crippen LogP contribution in [0.25, 0.3) is 0 Å². The molecule has 0 aromatic carbocycles. The lowest BCUT2D eigenvalue weighted by Gasteiger charge is -2.24. The molecule has 0 spiro atoms. The maximum Gasteiger partial charge on any atom is 0.239 e. The molecule has 3 rings (SSSR count). The number of fused-ring (bicyclic) bond motifs is 1. The first-order valence-electron chi connectivity index (χ1n) is 9.30. The molecule has 1 saturated carbocycles. The number of hydrogen-bond donors (Lipinski definition) is 1. The zero-order valence-electron chi connectivity index (χ0n) is 14.6. The third kappa shape index (κ3) is 4.83. The number of hydrogen-bond acceptors (Lipinski definition) is 3. The van der Waals surface area contributed by atoms with Crippen LogP contribution in [0.2, 0.25) is 0 Å². The van der Waals surface area contributed by atoms with Crippen LogP contribution in [0.4, 0.5) is 0 Å². The van der Waals surface area contributed by atoms with Crippen molar-refractivity contribution in [2.75, 3.05) is 19.7 Å². The van der Waals surface area contributed by atoms with E-state index in [1.165, 1.54) is 25.7 Å². The molecule has 3 fully saturated rings. The Labute approximate surface area is 147 Å². The average molecular weight is 345 g/mol. The number of carbonyl (C=O) groups excluding carboxylic acids is 1. The van der Waals surface area contributed by atoms with Crippen molar-refractivity contribution in [1.29, 1.82) is 0 Å². The van der Waals surface area contributed by atoms with Crippen LogP contribution in [0.15, 0.2) is 0 Å². The van der Waals surface area contributed by atoms with Crippen molar-refractivity contribution >= 4 is 18.3 Å². The molecule has 0 aromatic heterocycles. The van der Waals surface area contributed by atoms with Gasteiger partial charge in [0.2, 0.25) is 5.91 Å². The van der Waals surface area contributed by atoms with Crippen molar-refractivity contribution in [1.82, 2.24) is 10.2 Å². The highest BCUT2D eigenvalue weighted by Gasteiger charge is 2.41. The first-order valence-corrected chi connectivity index (χ1v) is 9.30. The number of halogens is 1. The van der Waals surface area contributed by atoms with Crippen molar-refractivity contribution in [2.24, 2.45) is 11.8 Å². The molecule has 4 atom stereocenters. The van der Waals surface area contributed by atoms with Crippen LogP contribution in [-0.4, -0.2) is 48.7 Å². The van der Waals surface area contributed by atoms with E-state index in [0.29, 0.717) is 17.9 Å². The minimum absolute atomic E-state index is 0. The molecule has 1 aliphatic carbocycles.